The predicted octanol–water partition coefficient (Wildman–Crippen LogP) is 2.35. The number of nitrogens with one attached hydrogen (secondary N) is 2. The molecule has 0 saturated carbocycles. The maximum atomic E-state index is 8.57. The summed E-state index contributed by atoms with van der Waals surface area (Å²) in [6.07, 6.45) is 0.656. The fourth-order valence-corrected chi connectivity index (χ4v) is 2.88. The Morgan fingerprint density at radius 3 is 2.79 bits per heavy atom. The number of ether oxygens (including phenoxy) is 2. The average Bonchev–Trinajstić information content (AvgIpc) is 3.14. The van der Waals surface area contributed by atoms with Crippen molar-refractivity contribution in [1.82, 2.24) is 5.32 Å². The molecule has 3 rings (SSSR count). The van der Waals surface area contributed by atoms with Gasteiger partial charge in [0.25, 0.3) is 0 Å². The summed E-state index contributed by atoms with van der Waals surface area (Å²) in [6.45, 7) is 1.51. The zero-order chi connectivity index (χ0) is 15.0. The number of benzene rings is 1. The van der Waals surface area contributed by atoms with Crippen molar-refractivity contribution in [3.63, 3.8) is 0 Å². The molecule has 0 radical (unpaired) electrons. The quantitative estimate of drug-likeness (QED) is 0.876. The average molecular weight is 264 g/mol. The van der Waals surface area contributed by atoms with E-state index in [-0.39, 0.29) is 12.0 Å². The van der Waals surface area contributed by atoms with Gasteiger partial charge in [-0.3, -0.25) is 0 Å². The molecule has 4 heteroatoms. The number of rotatable bonds is 4. The molecule has 0 aromatic heterocycles. The number of fused-ring (bicyclic) bond motifs is 1. The lowest BCUT2D eigenvalue weighted by molar-refractivity contribution is 0.354. The molecule has 2 heterocycles. The summed E-state index contributed by atoms with van der Waals surface area (Å²) in [5.74, 6) is 1.15. The molecule has 1 saturated heterocycles. The lowest BCUT2D eigenvalue weighted by Gasteiger charge is -2.17. The monoisotopic (exact) mass is 264 g/mol. The van der Waals surface area contributed by atoms with E-state index in [1.165, 1.54) is 0 Å². The van der Waals surface area contributed by atoms with Crippen LogP contribution in [0.5, 0.6) is 11.5 Å². The van der Waals surface area contributed by atoms with E-state index in [4.69, 9.17) is 12.2 Å². The van der Waals surface area contributed by atoms with Gasteiger partial charge < -0.3 is 20.1 Å². The Bertz CT molecular complexity index is 531. The zero-order valence-corrected chi connectivity index (χ0v) is 11.5. The van der Waals surface area contributed by atoms with E-state index in [1.807, 2.05) is 12.1 Å². The first kappa shape index (κ1) is 10.4. The number of hydrogen-bond acceptors (Lipinski definition) is 4. The largest absolute Gasteiger partial charge is 0.493 e. The molecule has 2 aliphatic rings. The smallest absolute Gasteiger partial charge is 0.162 e. The number of anilines is 1. The number of hydrogen-bond donors (Lipinski definition) is 2. The van der Waals surface area contributed by atoms with E-state index in [0.717, 1.165) is 30.6 Å². The lowest BCUT2D eigenvalue weighted by Crippen LogP contribution is -2.24. The van der Waals surface area contributed by atoms with Gasteiger partial charge in [-0.15, -0.1) is 0 Å². The minimum absolute atomic E-state index is 0.0802. The topological polar surface area (TPSA) is 42.5 Å². The van der Waals surface area contributed by atoms with Gasteiger partial charge in [-0.1, -0.05) is 0 Å². The van der Waals surface area contributed by atoms with Crippen molar-refractivity contribution in [2.75, 3.05) is 32.6 Å². The summed E-state index contributed by atoms with van der Waals surface area (Å²) < 4.78 is 27.8. The van der Waals surface area contributed by atoms with Gasteiger partial charge in [-0.25, -0.2) is 0 Å². The van der Waals surface area contributed by atoms with Gasteiger partial charge in [0.05, 0.1) is 14.2 Å². The molecule has 2 atom stereocenters. The molecule has 1 unspecified atom stereocenters. The highest BCUT2D eigenvalue weighted by Gasteiger charge is 2.28. The van der Waals surface area contributed by atoms with E-state index in [1.54, 1.807) is 14.2 Å². The fourth-order valence-electron chi connectivity index (χ4n) is 2.88. The molecule has 2 aliphatic heterocycles. The summed E-state index contributed by atoms with van der Waals surface area (Å²) >= 11 is 0. The second-order valence-electron chi connectivity index (χ2n) is 5.04. The lowest BCUT2D eigenvalue weighted by atomic mass is 9.93. The SMILES string of the molecule is [2H]C([2H])(C1CNc2cc(OC)c(OC)cc21)[C@H]1CCCN1. The molecule has 1 aromatic carbocycles. The highest BCUT2D eigenvalue weighted by molar-refractivity contribution is 5.65. The van der Waals surface area contributed by atoms with E-state index in [0.29, 0.717) is 18.0 Å². The standard InChI is InChI=1S/C15H22N2O2/c1-18-14-7-12-10(6-11-4-3-5-16-11)9-17-13(12)8-15(14)19-2/h7-8,10-11,16-17H,3-6,9H2,1-2H3/t10?,11-/m1/s1/i6D2. The van der Waals surface area contributed by atoms with Gasteiger partial charge in [-0.2, -0.15) is 0 Å². The Hall–Kier alpha value is -1.42. The first-order valence-electron chi connectivity index (χ1n) is 7.81. The van der Waals surface area contributed by atoms with Crippen molar-refractivity contribution in [3.05, 3.63) is 17.7 Å². The van der Waals surface area contributed by atoms with Crippen LogP contribution in [0.4, 0.5) is 5.69 Å². The van der Waals surface area contributed by atoms with Crippen molar-refractivity contribution in [3.8, 4) is 11.5 Å². The molecular formula is C15H22N2O2. The van der Waals surface area contributed by atoms with Crippen LogP contribution in [-0.2, 0) is 0 Å². The van der Waals surface area contributed by atoms with Crippen molar-refractivity contribution < 1.29 is 12.2 Å². The Morgan fingerprint density at radius 2 is 2.11 bits per heavy atom. The van der Waals surface area contributed by atoms with Crippen LogP contribution >= 0.6 is 0 Å². The van der Waals surface area contributed by atoms with Gasteiger partial charge in [0.1, 0.15) is 0 Å². The fraction of sp³-hybridized carbons (Fsp3) is 0.600. The molecule has 2 N–H and O–H groups in total. The molecule has 0 spiro atoms. The molecule has 0 bridgehead atoms. The summed E-state index contributed by atoms with van der Waals surface area (Å²) in [7, 11) is 3.22. The highest BCUT2D eigenvalue weighted by atomic mass is 16.5. The van der Waals surface area contributed by atoms with Crippen LogP contribution in [0.1, 0.15) is 33.4 Å². The van der Waals surface area contributed by atoms with Crippen molar-refractivity contribution in [1.29, 1.82) is 0 Å². The normalized spacial score (nSPS) is 27.3. The second-order valence-corrected chi connectivity index (χ2v) is 5.04. The van der Waals surface area contributed by atoms with Crippen LogP contribution in [0.15, 0.2) is 12.1 Å². The Kier molecular flexibility index (Phi) is 2.89. The first-order valence-corrected chi connectivity index (χ1v) is 6.81. The molecule has 1 aromatic rings. The minimum Gasteiger partial charge on any atom is -0.493 e. The molecule has 0 amide bonds. The van der Waals surface area contributed by atoms with Crippen LogP contribution in [0.3, 0.4) is 0 Å². The highest BCUT2D eigenvalue weighted by Crippen LogP contribution is 2.42. The van der Waals surface area contributed by atoms with Crippen LogP contribution in [0.2, 0.25) is 0 Å². The van der Waals surface area contributed by atoms with Crippen LogP contribution < -0.4 is 20.1 Å². The molecule has 19 heavy (non-hydrogen) atoms. The molecule has 1 fully saturated rings. The van der Waals surface area contributed by atoms with Gasteiger partial charge in [0, 0.05) is 33.0 Å². The third-order valence-electron chi connectivity index (χ3n) is 3.89. The van der Waals surface area contributed by atoms with Crippen LogP contribution in [0, 0.1) is 0 Å². The summed E-state index contributed by atoms with van der Waals surface area (Å²) in [5, 5.41) is 6.60. The van der Waals surface area contributed by atoms with Gasteiger partial charge in [0.2, 0.25) is 0 Å². The molecule has 104 valence electrons. The van der Waals surface area contributed by atoms with E-state index >= 15 is 0 Å². The molecule has 0 aliphatic carbocycles. The summed E-state index contributed by atoms with van der Waals surface area (Å²) in [6, 6.07) is 3.72. The van der Waals surface area contributed by atoms with Crippen LogP contribution in [0.25, 0.3) is 0 Å². The maximum absolute atomic E-state index is 8.57. The molecular weight excluding hydrogens is 240 g/mol. The third-order valence-corrected chi connectivity index (χ3v) is 3.89. The predicted molar refractivity (Wildman–Crippen MR) is 76.4 cm³/mol. The first-order chi connectivity index (χ1) is 10.1. The zero-order valence-electron chi connectivity index (χ0n) is 13.5. The van der Waals surface area contributed by atoms with Crippen molar-refractivity contribution in [2.24, 2.45) is 0 Å². The summed E-state index contributed by atoms with van der Waals surface area (Å²) in [5.41, 5.74) is 1.92. The van der Waals surface area contributed by atoms with E-state index < -0.39 is 6.37 Å². The second kappa shape index (κ2) is 5.29. The maximum Gasteiger partial charge on any atom is 0.162 e. The van der Waals surface area contributed by atoms with E-state index in [2.05, 4.69) is 10.6 Å². The van der Waals surface area contributed by atoms with Gasteiger partial charge >= 0.3 is 0 Å². The summed E-state index contributed by atoms with van der Waals surface area (Å²) in [4.78, 5) is 0. The van der Waals surface area contributed by atoms with Crippen molar-refractivity contribution in [2.45, 2.75) is 31.2 Å². The Balaban J connectivity index is 1.95. The minimum atomic E-state index is -1.28. The van der Waals surface area contributed by atoms with Gasteiger partial charge in [0.15, 0.2) is 11.5 Å². The van der Waals surface area contributed by atoms with Crippen molar-refractivity contribution >= 4 is 5.69 Å². The molecule has 4 nitrogen and oxygen atoms in total. The Labute approximate surface area is 117 Å². The van der Waals surface area contributed by atoms with Gasteiger partial charge in [-0.05, 0) is 37.4 Å². The van der Waals surface area contributed by atoms with Crippen LogP contribution in [-0.4, -0.2) is 33.4 Å². The van der Waals surface area contributed by atoms with E-state index in [9.17, 15) is 0 Å². The number of methoxy groups -OCH3 is 2. The Morgan fingerprint density at radius 1 is 1.32 bits per heavy atom. The third kappa shape index (κ3) is 2.37.